The largest absolute Gasteiger partial charge is 0.481 e. The molecule has 0 saturated carbocycles. The van der Waals surface area contributed by atoms with Crippen LogP contribution in [0.25, 0.3) is 0 Å². The van der Waals surface area contributed by atoms with Crippen LogP contribution in [0.5, 0.6) is 0 Å². The third-order valence-electron chi connectivity index (χ3n) is 3.99. The highest BCUT2D eigenvalue weighted by molar-refractivity contribution is 9.10. The van der Waals surface area contributed by atoms with E-state index in [9.17, 15) is 14.7 Å². The highest BCUT2D eigenvalue weighted by Gasteiger charge is 2.45. The third kappa shape index (κ3) is 3.24. The molecule has 1 fully saturated rings. The van der Waals surface area contributed by atoms with E-state index in [1.54, 1.807) is 23.1 Å². The summed E-state index contributed by atoms with van der Waals surface area (Å²) >= 11 is 9.29. The molecule has 2 rings (SSSR count). The van der Waals surface area contributed by atoms with Crippen LogP contribution in [-0.2, 0) is 4.79 Å². The standard InChI is InChI=1S/C15H17BrClNO3/c1-2-5-15(14(20)21)6-7-18(9-15)13(19)10-3-4-11(16)12(17)8-10/h3-4,8H,2,5-7,9H2,1H3,(H,20,21). The zero-order chi connectivity index (χ0) is 15.6. The minimum atomic E-state index is -0.812. The van der Waals surface area contributed by atoms with Crippen molar-refractivity contribution in [3.63, 3.8) is 0 Å². The summed E-state index contributed by atoms with van der Waals surface area (Å²) in [7, 11) is 0. The average molecular weight is 375 g/mol. The zero-order valence-corrected chi connectivity index (χ0v) is 14.1. The van der Waals surface area contributed by atoms with E-state index in [1.165, 1.54) is 0 Å². The topological polar surface area (TPSA) is 57.6 Å². The molecule has 114 valence electrons. The molecule has 1 atom stereocenters. The Morgan fingerprint density at radius 1 is 1.48 bits per heavy atom. The zero-order valence-electron chi connectivity index (χ0n) is 11.7. The summed E-state index contributed by atoms with van der Waals surface area (Å²) in [5, 5.41) is 9.95. The molecule has 21 heavy (non-hydrogen) atoms. The van der Waals surface area contributed by atoms with Crippen LogP contribution in [0.1, 0.15) is 36.5 Å². The van der Waals surface area contributed by atoms with Crippen LogP contribution in [0.4, 0.5) is 0 Å². The number of hydrogen-bond acceptors (Lipinski definition) is 2. The van der Waals surface area contributed by atoms with Crippen molar-refractivity contribution < 1.29 is 14.7 Å². The lowest BCUT2D eigenvalue weighted by Gasteiger charge is -2.24. The number of halogens is 2. The molecule has 4 nitrogen and oxygen atoms in total. The van der Waals surface area contributed by atoms with Crippen molar-refractivity contribution >= 4 is 39.4 Å². The summed E-state index contributed by atoms with van der Waals surface area (Å²) in [6, 6.07) is 5.02. The van der Waals surface area contributed by atoms with Gasteiger partial charge in [0, 0.05) is 23.1 Å². The van der Waals surface area contributed by atoms with Crippen molar-refractivity contribution in [1.82, 2.24) is 4.90 Å². The first-order valence-electron chi connectivity index (χ1n) is 6.87. The van der Waals surface area contributed by atoms with Gasteiger partial charge in [-0.2, -0.15) is 0 Å². The van der Waals surface area contributed by atoms with Crippen LogP contribution in [-0.4, -0.2) is 35.0 Å². The second-order valence-electron chi connectivity index (χ2n) is 5.44. The molecule has 1 aromatic carbocycles. The van der Waals surface area contributed by atoms with Gasteiger partial charge in [-0.15, -0.1) is 0 Å². The van der Waals surface area contributed by atoms with Gasteiger partial charge in [0.25, 0.3) is 5.91 Å². The Labute approximate surface area is 137 Å². The van der Waals surface area contributed by atoms with Gasteiger partial charge in [-0.3, -0.25) is 9.59 Å². The first-order chi connectivity index (χ1) is 9.89. The van der Waals surface area contributed by atoms with Crippen LogP contribution in [0, 0.1) is 5.41 Å². The molecular weight excluding hydrogens is 358 g/mol. The number of amides is 1. The van der Waals surface area contributed by atoms with E-state index in [0.29, 0.717) is 30.0 Å². The fourth-order valence-corrected chi connectivity index (χ4v) is 3.25. The summed E-state index contributed by atoms with van der Waals surface area (Å²) < 4.78 is 0.730. The molecule has 6 heteroatoms. The first kappa shape index (κ1) is 16.3. The fraction of sp³-hybridized carbons (Fsp3) is 0.467. The summed E-state index contributed by atoms with van der Waals surface area (Å²) in [6.07, 6.45) is 1.89. The van der Waals surface area contributed by atoms with Crippen LogP contribution in [0.2, 0.25) is 5.02 Å². The molecule has 1 N–H and O–H groups in total. The van der Waals surface area contributed by atoms with Crippen molar-refractivity contribution in [2.24, 2.45) is 5.41 Å². The predicted octanol–water partition coefficient (Wildman–Crippen LogP) is 3.82. The predicted molar refractivity (Wildman–Crippen MR) is 84.6 cm³/mol. The molecule has 1 aliphatic rings. The molecule has 1 heterocycles. The molecule has 0 aliphatic carbocycles. The maximum Gasteiger partial charge on any atom is 0.311 e. The van der Waals surface area contributed by atoms with Crippen molar-refractivity contribution in [3.8, 4) is 0 Å². The van der Waals surface area contributed by atoms with Crippen LogP contribution in [0.3, 0.4) is 0 Å². The number of benzene rings is 1. The summed E-state index contributed by atoms with van der Waals surface area (Å²) in [6.45, 7) is 2.70. The molecule has 1 aromatic rings. The van der Waals surface area contributed by atoms with E-state index in [4.69, 9.17) is 11.6 Å². The molecule has 1 amide bonds. The Morgan fingerprint density at radius 2 is 2.19 bits per heavy atom. The highest BCUT2D eigenvalue weighted by atomic mass is 79.9. The summed E-state index contributed by atoms with van der Waals surface area (Å²) in [4.78, 5) is 25.7. The molecule has 0 aromatic heterocycles. The lowest BCUT2D eigenvalue weighted by atomic mass is 9.83. The van der Waals surface area contributed by atoms with E-state index in [-0.39, 0.29) is 12.5 Å². The van der Waals surface area contributed by atoms with E-state index < -0.39 is 11.4 Å². The Bertz CT molecular complexity index is 578. The second-order valence-corrected chi connectivity index (χ2v) is 6.70. The van der Waals surface area contributed by atoms with Gasteiger partial charge in [-0.25, -0.2) is 0 Å². The number of carbonyl (C=O) groups is 2. The minimum absolute atomic E-state index is 0.163. The number of carboxylic acids is 1. The first-order valence-corrected chi connectivity index (χ1v) is 8.04. The normalized spacial score (nSPS) is 21.6. The number of rotatable bonds is 4. The van der Waals surface area contributed by atoms with Crippen molar-refractivity contribution in [1.29, 1.82) is 0 Å². The Balaban J connectivity index is 2.18. The Kier molecular flexibility index (Phi) is 4.94. The SMILES string of the molecule is CCCC1(C(=O)O)CCN(C(=O)c2ccc(Br)c(Cl)c2)C1. The lowest BCUT2D eigenvalue weighted by molar-refractivity contribution is -0.148. The maximum absolute atomic E-state index is 12.5. The smallest absolute Gasteiger partial charge is 0.311 e. The number of aliphatic carboxylic acids is 1. The van der Waals surface area contributed by atoms with E-state index >= 15 is 0 Å². The molecule has 0 spiro atoms. The molecule has 0 bridgehead atoms. The number of hydrogen-bond donors (Lipinski definition) is 1. The van der Waals surface area contributed by atoms with Crippen molar-refractivity contribution in [3.05, 3.63) is 33.3 Å². The van der Waals surface area contributed by atoms with Crippen LogP contribution < -0.4 is 0 Å². The van der Waals surface area contributed by atoms with Gasteiger partial charge in [0.2, 0.25) is 0 Å². The number of likely N-dealkylation sites (tertiary alicyclic amines) is 1. The van der Waals surface area contributed by atoms with Gasteiger partial charge < -0.3 is 10.0 Å². The summed E-state index contributed by atoms with van der Waals surface area (Å²) in [5.41, 5.74) is -0.315. The number of nitrogens with zero attached hydrogens (tertiary/aromatic N) is 1. The monoisotopic (exact) mass is 373 g/mol. The number of carbonyl (C=O) groups excluding carboxylic acids is 1. The van der Waals surface area contributed by atoms with Gasteiger partial charge >= 0.3 is 5.97 Å². The number of carboxylic acid groups (broad SMARTS) is 1. The fourth-order valence-electron chi connectivity index (χ4n) is 2.82. The Hall–Kier alpha value is -1.07. The quantitative estimate of drug-likeness (QED) is 0.871. The summed E-state index contributed by atoms with van der Waals surface area (Å²) in [5.74, 6) is -0.975. The van der Waals surface area contributed by atoms with Crippen molar-refractivity contribution in [2.45, 2.75) is 26.2 Å². The molecular formula is C15H17BrClNO3. The van der Waals surface area contributed by atoms with Gasteiger partial charge in [-0.05, 0) is 47.0 Å². The van der Waals surface area contributed by atoms with Gasteiger partial charge in [-0.1, -0.05) is 24.9 Å². The molecule has 1 unspecified atom stereocenters. The van der Waals surface area contributed by atoms with Crippen LogP contribution >= 0.6 is 27.5 Å². The lowest BCUT2D eigenvalue weighted by Crippen LogP contribution is -2.36. The second kappa shape index (κ2) is 6.36. The van der Waals surface area contributed by atoms with E-state index in [2.05, 4.69) is 15.9 Å². The maximum atomic E-state index is 12.5. The van der Waals surface area contributed by atoms with Gasteiger partial charge in [0.15, 0.2) is 0 Å². The molecule has 1 saturated heterocycles. The third-order valence-corrected chi connectivity index (χ3v) is 5.22. The van der Waals surface area contributed by atoms with E-state index in [0.717, 1.165) is 10.9 Å². The average Bonchev–Trinajstić information content (AvgIpc) is 2.87. The molecule has 1 aliphatic heterocycles. The molecule has 0 radical (unpaired) electrons. The van der Waals surface area contributed by atoms with Gasteiger partial charge in [0.1, 0.15) is 0 Å². The Morgan fingerprint density at radius 3 is 2.76 bits per heavy atom. The van der Waals surface area contributed by atoms with E-state index in [1.807, 2.05) is 6.92 Å². The van der Waals surface area contributed by atoms with Crippen LogP contribution in [0.15, 0.2) is 22.7 Å². The van der Waals surface area contributed by atoms with Crippen molar-refractivity contribution in [2.75, 3.05) is 13.1 Å². The minimum Gasteiger partial charge on any atom is -0.481 e. The highest BCUT2D eigenvalue weighted by Crippen LogP contribution is 2.36. The van der Waals surface area contributed by atoms with Gasteiger partial charge in [0.05, 0.1) is 10.4 Å².